The van der Waals surface area contributed by atoms with Gasteiger partial charge in [-0.1, -0.05) is 6.92 Å². The van der Waals surface area contributed by atoms with Crippen molar-refractivity contribution in [3.8, 4) is 0 Å². The van der Waals surface area contributed by atoms with Gasteiger partial charge in [0.05, 0.1) is 24.7 Å². The summed E-state index contributed by atoms with van der Waals surface area (Å²) < 4.78 is 0. The molecule has 3 fully saturated rings. The number of likely N-dealkylation sites (tertiary alicyclic amines) is 2. The van der Waals surface area contributed by atoms with E-state index in [0.717, 1.165) is 50.6 Å². The van der Waals surface area contributed by atoms with Crippen molar-refractivity contribution in [2.45, 2.75) is 50.5 Å². The normalized spacial score (nSPS) is 33.7. The Morgan fingerprint density at radius 3 is 2.48 bits per heavy atom. The van der Waals surface area contributed by atoms with Gasteiger partial charge in [0.2, 0.25) is 5.91 Å². The lowest BCUT2D eigenvalue weighted by atomic mass is 9.79. The number of amides is 1. The zero-order valence-electron chi connectivity index (χ0n) is 18.4. The van der Waals surface area contributed by atoms with Crippen LogP contribution in [0, 0.1) is 17.8 Å². The molecule has 1 amide bonds. The minimum atomic E-state index is -1.04. The van der Waals surface area contributed by atoms with Crippen molar-refractivity contribution in [3.63, 3.8) is 0 Å². The number of thioether (sulfide) groups is 1. The average molecular weight is 454 g/mol. The van der Waals surface area contributed by atoms with Crippen LogP contribution >= 0.6 is 11.8 Å². The smallest absolute Gasteiger partial charge is 0.353 e. The van der Waals surface area contributed by atoms with Crippen LogP contribution in [0.15, 0.2) is 10.6 Å². The van der Waals surface area contributed by atoms with Gasteiger partial charge in [-0.2, -0.15) is 0 Å². The van der Waals surface area contributed by atoms with Crippen LogP contribution in [0.5, 0.6) is 0 Å². The molecule has 0 bridgehead atoms. The van der Waals surface area contributed by atoms with E-state index in [0.29, 0.717) is 11.2 Å². The van der Waals surface area contributed by atoms with Gasteiger partial charge < -0.3 is 30.0 Å². The standard InChI is InChI=1S/C22H35N3O5S/c1-13-18-17(14(2)27)21(28)25(18)19(22(29)30)20(13)31-16-5-8-24(12-16)11-15-3-6-23(7-4-15)9-10-26/h13-18,26-27H,3-12H2,1-2H3,(H,29,30)/t13-,14-,16-,17-,18?/m1/s1. The monoisotopic (exact) mass is 453 g/mol. The Morgan fingerprint density at radius 1 is 1.19 bits per heavy atom. The van der Waals surface area contributed by atoms with Crippen molar-refractivity contribution in [1.82, 2.24) is 14.7 Å². The lowest BCUT2D eigenvalue weighted by Gasteiger charge is -2.46. The van der Waals surface area contributed by atoms with Crippen LogP contribution in [0.3, 0.4) is 0 Å². The molecule has 0 aromatic rings. The number of hydrogen-bond donors (Lipinski definition) is 3. The highest BCUT2D eigenvalue weighted by atomic mass is 32.2. The van der Waals surface area contributed by atoms with Crippen molar-refractivity contribution in [2.24, 2.45) is 17.8 Å². The lowest BCUT2D eigenvalue weighted by Crippen LogP contribution is -2.63. The zero-order chi connectivity index (χ0) is 22.3. The molecule has 4 aliphatic rings. The third-order valence-corrected chi connectivity index (χ3v) is 9.01. The first kappa shape index (κ1) is 23.0. The van der Waals surface area contributed by atoms with E-state index in [1.807, 2.05) is 6.92 Å². The van der Waals surface area contributed by atoms with Crippen LogP contribution in [0.4, 0.5) is 0 Å². The Kier molecular flexibility index (Phi) is 6.98. The second-order valence-corrected chi connectivity index (χ2v) is 10.9. The maximum absolute atomic E-state index is 12.5. The fourth-order valence-electron chi connectivity index (χ4n) is 5.82. The van der Waals surface area contributed by atoms with Gasteiger partial charge in [0.1, 0.15) is 5.70 Å². The largest absolute Gasteiger partial charge is 0.477 e. The van der Waals surface area contributed by atoms with Crippen molar-refractivity contribution in [3.05, 3.63) is 10.6 Å². The van der Waals surface area contributed by atoms with Crippen LogP contribution in [-0.4, -0.2) is 105 Å². The minimum Gasteiger partial charge on any atom is -0.477 e. The Balaban J connectivity index is 1.34. The van der Waals surface area contributed by atoms with E-state index < -0.39 is 18.0 Å². The summed E-state index contributed by atoms with van der Waals surface area (Å²) in [6, 6.07) is -0.234. The first-order valence-electron chi connectivity index (χ1n) is 11.5. The summed E-state index contributed by atoms with van der Waals surface area (Å²) in [4.78, 5) is 31.5. The number of piperidine rings is 1. The molecule has 5 atom stereocenters. The second-order valence-electron chi connectivity index (χ2n) is 9.57. The highest BCUT2D eigenvalue weighted by molar-refractivity contribution is 8.03. The zero-order valence-corrected chi connectivity index (χ0v) is 19.3. The van der Waals surface area contributed by atoms with Crippen LogP contribution in [0.1, 0.15) is 33.1 Å². The molecule has 0 aliphatic carbocycles. The first-order valence-corrected chi connectivity index (χ1v) is 12.4. The maximum atomic E-state index is 12.5. The van der Waals surface area contributed by atoms with E-state index in [-0.39, 0.29) is 30.2 Å². The summed E-state index contributed by atoms with van der Waals surface area (Å²) in [6.07, 6.45) is 2.59. The number of aliphatic carboxylic acids is 1. The molecule has 0 aromatic carbocycles. The highest BCUT2D eigenvalue weighted by Crippen LogP contribution is 2.51. The first-order chi connectivity index (χ1) is 14.8. The highest BCUT2D eigenvalue weighted by Gasteiger charge is 2.60. The molecule has 0 saturated carbocycles. The van der Waals surface area contributed by atoms with Gasteiger partial charge in [0, 0.05) is 35.7 Å². The average Bonchev–Trinajstić information content (AvgIpc) is 3.25. The van der Waals surface area contributed by atoms with Crippen molar-refractivity contribution < 1.29 is 24.9 Å². The van der Waals surface area contributed by atoms with Gasteiger partial charge in [-0.05, 0) is 51.7 Å². The summed E-state index contributed by atoms with van der Waals surface area (Å²) in [7, 11) is 0. The molecule has 0 radical (unpaired) electrons. The van der Waals surface area contributed by atoms with E-state index >= 15 is 0 Å². The molecule has 9 heteroatoms. The minimum absolute atomic E-state index is 0.0571. The number of carbonyl (C=O) groups is 2. The maximum Gasteiger partial charge on any atom is 0.353 e. The number of β-amino-alcohol motifs (C(OH)–C–C–N with tert-alkyl or cyclic N) is 1. The summed E-state index contributed by atoms with van der Waals surface area (Å²) in [5.41, 5.74) is 0.138. The number of carbonyl (C=O) groups excluding carboxylic acids is 1. The summed E-state index contributed by atoms with van der Waals surface area (Å²) in [6.45, 7) is 9.77. The number of β-lactam (4-membered cyclic amide) rings is 1. The van der Waals surface area contributed by atoms with E-state index in [4.69, 9.17) is 5.11 Å². The third kappa shape index (κ3) is 4.39. The Labute approximate surface area is 188 Å². The molecule has 1 unspecified atom stereocenters. The number of carboxylic acids is 1. The molecule has 31 heavy (non-hydrogen) atoms. The number of aliphatic hydroxyl groups is 2. The van der Waals surface area contributed by atoms with Gasteiger partial charge in [-0.3, -0.25) is 4.79 Å². The Hall–Kier alpha value is -1.13. The van der Waals surface area contributed by atoms with Gasteiger partial charge in [0.15, 0.2) is 0 Å². The van der Waals surface area contributed by atoms with Gasteiger partial charge >= 0.3 is 5.97 Å². The van der Waals surface area contributed by atoms with Crippen molar-refractivity contribution >= 4 is 23.6 Å². The van der Waals surface area contributed by atoms with Gasteiger partial charge in [0.25, 0.3) is 0 Å². The number of aliphatic hydroxyl groups excluding tert-OH is 2. The summed E-state index contributed by atoms with van der Waals surface area (Å²) in [5, 5.41) is 29.2. The lowest BCUT2D eigenvalue weighted by molar-refractivity contribution is -0.163. The molecule has 4 rings (SSSR count). The predicted octanol–water partition coefficient (Wildman–Crippen LogP) is 0.652. The topological polar surface area (TPSA) is 105 Å². The van der Waals surface area contributed by atoms with E-state index in [1.165, 1.54) is 17.7 Å². The van der Waals surface area contributed by atoms with E-state index in [2.05, 4.69) is 9.80 Å². The summed E-state index contributed by atoms with van der Waals surface area (Å²) in [5.74, 6) is -1.18. The number of rotatable bonds is 8. The number of fused-ring (bicyclic) bond motifs is 1. The number of nitrogens with zero attached hydrogens (tertiary/aromatic N) is 3. The fourth-order valence-corrected chi connectivity index (χ4v) is 7.34. The molecule has 8 nitrogen and oxygen atoms in total. The second kappa shape index (κ2) is 9.39. The Morgan fingerprint density at radius 2 is 1.87 bits per heavy atom. The molecule has 174 valence electrons. The number of carboxylic acid groups (broad SMARTS) is 1. The third-order valence-electron chi connectivity index (χ3n) is 7.47. The van der Waals surface area contributed by atoms with Crippen LogP contribution in [-0.2, 0) is 9.59 Å². The molecular weight excluding hydrogens is 418 g/mol. The van der Waals surface area contributed by atoms with E-state index in [1.54, 1.807) is 18.7 Å². The molecule has 3 N–H and O–H groups in total. The molecular formula is C22H35N3O5S. The Bertz CT molecular complexity index is 737. The van der Waals surface area contributed by atoms with Crippen LogP contribution < -0.4 is 0 Å². The predicted molar refractivity (Wildman–Crippen MR) is 118 cm³/mol. The van der Waals surface area contributed by atoms with Crippen molar-refractivity contribution in [2.75, 3.05) is 45.9 Å². The molecule has 0 aromatic heterocycles. The number of hydrogen-bond acceptors (Lipinski definition) is 7. The molecule has 0 spiro atoms. The van der Waals surface area contributed by atoms with E-state index in [9.17, 15) is 19.8 Å². The fraction of sp³-hybridized carbons (Fsp3) is 0.818. The van der Waals surface area contributed by atoms with Crippen LogP contribution in [0.25, 0.3) is 0 Å². The van der Waals surface area contributed by atoms with Crippen molar-refractivity contribution in [1.29, 1.82) is 0 Å². The SMILES string of the molecule is C[C@H]1C(S[C@@H]2CCN(CC3CCN(CCO)CC3)C2)=C(C(=O)O)N2C(=O)[C@H]([C@@H](C)O)C12. The molecule has 4 aliphatic heterocycles. The van der Waals surface area contributed by atoms with Gasteiger partial charge in [-0.25, -0.2) is 4.79 Å². The quantitative estimate of drug-likeness (QED) is 0.460. The molecule has 4 heterocycles. The van der Waals surface area contributed by atoms with Crippen LogP contribution in [0.2, 0.25) is 0 Å². The molecule has 3 saturated heterocycles. The summed E-state index contributed by atoms with van der Waals surface area (Å²) >= 11 is 1.64. The van der Waals surface area contributed by atoms with Gasteiger partial charge in [-0.15, -0.1) is 11.8 Å².